The Hall–Kier alpha value is -3.66. The summed E-state index contributed by atoms with van der Waals surface area (Å²) in [6.07, 6.45) is -3.23. The van der Waals surface area contributed by atoms with Crippen LogP contribution in [0.25, 0.3) is 22.8 Å². The van der Waals surface area contributed by atoms with E-state index in [1.165, 1.54) is 16.7 Å². The molecule has 178 valence electrons. The van der Waals surface area contributed by atoms with Crippen LogP contribution < -0.4 is 10.3 Å². The van der Waals surface area contributed by atoms with Gasteiger partial charge in [-0.25, -0.2) is 4.98 Å². The topological polar surface area (TPSA) is 83.0 Å². The van der Waals surface area contributed by atoms with Crippen LogP contribution in [0.1, 0.15) is 25.1 Å². The minimum absolute atomic E-state index is 0.0119. The Kier molecular flexibility index (Phi) is 7.72. The SMILES string of the molecule is CC.Cc1ccc(-c2nc(-c3ccc(OC(F)(F)F)cc3)no2)c(=O)n1Cc1ccnc(Cl)c1. The summed E-state index contributed by atoms with van der Waals surface area (Å²) in [5, 5.41) is 4.15. The molecule has 0 unspecified atom stereocenters. The lowest BCUT2D eigenvalue weighted by Crippen LogP contribution is -2.24. The molecule has 4 rings (SSSR count). The molecule has 0 radical (unpaired) electrons. The summed E-state index contributed by atoms with van der Waals surface area (Å²) >= 11 is 5.92. The van der Waals surface area contributed by atoms with Crippen molar-refractivity contribution in [3.63, 3.8) is 0 Å². The summed E-state index contributed by atoms with van der Waals surface area (Å²) in [5.74, 6) is -0.268. The first-order chi connectivity index (χ1) is 16.2. The van der Waals surface area contributed by atoms with Crippen LogP contribution in [0, 0.1) is 6.92 Å². The van der Waals surface area contributed by atoms with Crippen molar-refractivity contribution in [2.75, 3.05) is 0 Å². The van der Waals surface area contributed by atoms with Crippen molar-refractivity contribution in [1.29, 1.82) is 0 Å². The third-order valence-electron chi connectivity index (χ3n) is 4.53. The van der Waals surface area contributed by atoms with E-state index in [-0.39, 0.29) is 35.1 Å². The summed E-state index contributed by atoms with van der Waals surface area (Å²) in [5.41, 5.74) is 1.74. The van der Waals surface area contributed by atoms with E-state index in [1.54, 1.807) is 37.4 Å². The summed E-state index contributed by atoms with van der Waals surface area (Å²) in [6, 6.07) is 11.7. The van der Waals surface area contributed by atoms with Gasteiger partial charge in [-0.15, -0.1) is 13.2 Å². The summed E-state index contributed by atoms with van der Waals surface area (Å²) in [4.78, 5) is 21.2. The average molecular weight is 493 g/mol. The molecule has 0 saturated heterocycles. The molecule has 0 atom stereocenters. The molecule has 0 saturated carbocycles. The van der Waals surface area contributed by atoms with Crippen LogP contribution in [0.2, 0.25) is 5.15 Å². The largest absolute Gasteiger partial charge is 0.573 e. The van der Waals surface area contributed by atoms with E-state index in [9.17, 15) is 18.0 Å². The second kappa shape index (κ2) is 10.5. The van der Waals surface area contributed by atoms with Gasteiger partial charge in [0.25, 0.3) is 11.4 Å². The van der Waals surface area contributed by atoms with Gasteiger partial charge < -0.3 is 13.8 Å². The third-order valence-corrected chi connectivity index (χ3v) is 4.73. The molecule has 7 nitrogen and oxygen atoms in total. The second-order valence-electron chi connectivity index (χ2n) is 6.76. The van der Waals surface area contributed by atoms with Gasteiger partial charge in [-0.2, -0.15) is 4.98 Å². The molecule has 4 aromatic rings. The fraction of sp³-hybridized carbons (Fsp3) is 0.217. The van der Waals surface area contributed by atoms with Crippen molar-refractivity contribution >= 4 is 11.6 Å². The number of nitrogens with zero attached hydrogens (tertiary/aromatic N) is 4. The molecular weight excluding hydrogens is 473 g/mol. The first kappa shape index (κ1) is 25.0. The van der Waals surface area contributed by atoms with Gasteiger partial charge in [0.1, 0.15) is 16.5 Å². The predicted octanol–water partition coefficient (Wildman–Crippen LogP) is 5.90. The van der Waals surface area contributed by atoms with Crippen molar-refractivity contribution < 1.29 is 22.4 Å². The zero-order valence-electron chi connectivity index (χ0n) is 18.4. The van der Waals surface area contributed by atoms with E-state index in [0.717, 1.165) is 17.7 Å². The first-order valence-electron chi connectivity index (χ1n) is 10.2. The molecule has 0 bridgehead atoms. The van der Waals surface area contributed by atoms with Crippen LogP contribution in [-0.2, 0) is 6.54 Å². The van der Waals surface area contributed by atoms with Crippen LogP contribution >= 0.6 is 11.6 Å². The number of hydrogen-bond acceptors (Lipinski definition) is 6. The molecule has 3 aromatic heterocycles. The van der Waals surface area contributed by atoms with Crippen LogP contribution in [0.4, 0.5) is 13.2 Å². The molecule has 3 heterocycles. The van der Waals surface area contributed by atoms with Crippen molar-refractivity contribution in [2.45, 2.75) is 33.7 Å². The van der Waals surface area contributed by atoms with E-state index in [4.69, 9.17) is 16.1 Å². The maximum atomic E-state index is 13.1. The third kappa shape index (κ3) is 6.02. The number of ether oxygens (including phenoxy) is 1. The van der Waals surface area contributed by atoms with E-state index < -0.39 is 6.36 Å². The number of halogens is 4. The highest BCUT2D eigenvalue weighted by atomic mass is 35.5. The van der Waals surface area contributed by atoms with E-state index in [2.05, 4.69) is 19.9 Å². The Morgan fingerprint density at radius 2 is 1.79 bits per heavy atom. The van der Waals surface area contributed by atoms with Crippen molar-refractivity contribution in [3.05, 3.63) is 81.5 Å². The monoisotopic (exact) mass is 492 g/mol. The highest BCUT2D eigenvalue weighted by Crippen LogP contribution is 2.26. The van der Waals surface area contributed by atoms with Gasteiger partial charge in [0, 0.05) is 17.5 Å². The Labute approximate surface area is 197 Å². The number of aryl methyl sites for hydroxylation is 1. The van der Waals surface area contributed by atoms with Crippen molar-refractivity contribution in [2.24, 2.45) is 0 Å². The quantitative estimate of drug-likeness (QED) is 0.323. The lowest BCUT2D eigenvalue weighted by atomic mass is 10.2. The predicted molar refractivity (Wildman–Crippen MR) is 121 cm³/mol. The highest BCUT2D eigenvalue weighted by Gasteiger charge is 2.31. The first-order valence-corrected chi connectivity index (χ1v) is 10.6. The van der Waals surface area contributed by atoms with Gasteiger partial charge in [-0.1, -0.05) is 30.6 Å². The maximum absolute atomic E-state index is 13.1. The molecule has 0 spiro atoms. The minimum Gasteiger partial charge on any atom is -0.406 e. The van der Waals surface area contributed by atoms with Gasteiger partial charge in [0.15, 0.2) is 0 Å². The minimum atomic E-state index is -4.78. The Morgan fingerprint density at radius 1 is 1.09 bits per heavy atom. The molecule has 0 N–H and O–H groups in total. The molecule has 11 heteroatoms. The van der Waals surface area contributed by atoms with Gasteiger partial charge in [-0.05, 0) is 61.0 Å². The van der Waals surface area contributed by atoms with Gasteiger partial charge >= 0.3 is 6.36 Å². The summed E-state index contributed by atoms with van der Waals surface area (Å²) in [6.45, 7) is 6.06. The fourth-order valence-electron chi connectivity index (χ4n) is 3.01. The molecule has 1 aromatic carbocycles. The molecule has 0 aliphatic carbocycles. The van der Waals surface area contributed by atoms with Gasteiger partial charge in [-0.3, -0.25) is 4.79 Å². The number of pyridine rings is 2. The van der Waals surface area contributed by atoms with Gasteiger partial charge in [0.05, 0.1) is 6.54 Å². The lowest BCUT2D eigenvalue weighted by molar-refractivity contribution is -0.274. The molecule has 34 heavy (non-hydrogen) atoms. The normalized spacial score (nSPS) is 11.0. The highest BCUT2D eigenvalue weighted by molar-refractivity contribution is 6.29. The number of rotatable bonds is 5. The van der Waals surface area contributed by atoms with Crippen LogP contribution in [0.15, 0.2) is 64.0 Å². The van der Waals surface area contributed by atoms with E-state index >= 15 is 0 Å². The second-order valence-corrected chi connectivity index (χ2v) is 7.15. The number of hydrogen-bond donors (Lipinski definition) is 0. The smallest absolute Gasteiger partial charge is 0.406 e. The number of aromatic nitrogens is 4. The van der Waals surface area contributed by atoms with Gasteiger partial charge in [0.2, 0.25) is 5.82 Å². The average Bonchev–Trinajstić information content (AvgIpc) is 3.27. The molecule has 0 aliphatic rings. The van der Waals surface area contributed by atoms with Crippen LogP contribution in [-0.4, -0.2) is 26.1 Å². The lowest BCUT2D eigenvalue weighted by Gasteiger charge is -2.11. The van der Waals surface area contributed by atoms with E-state index in [1.807, 2.05) is 13.8 Å². The Bertz CT molecular complexity index is 1320. The Morgan fingerprint density at radius 3 is 2.44 bits per heavy atom. The molecular formula is C23H20ClF3N4O3. The Balaban J connectivity index is 0.00000158. The van der Waals surface area contributed by atoms with Crippen LogP contribution in [0.3, 0.4) is 0 Å². The number of alkyl halides is 3. The summed E-state index contributed by atoms with van der Waals surface area (Å²) < 4.78 is 47.5. The zero-order chi connectivity index (χ0) is 24.9. The summed E-state index contributed by atoms with van der Waals surface area (Å²) in [7, 11) is 0. The van der Waals surface area contributed by atoms with Crippen LogP contribution in [0.5, 0.6) is 5.75 Å². The maximum Gasteiger partial charge on any atom is 0.573 e. The van der Waals surface area contributed by atoms with Crippen molar-refractivity contribution in [3.8, 4) is 28.6 Å². The molecule has 0 aliphatic heterocycles. The molecule has 0 amide bonds. The molecule has 0 fully saturated rings. The van der Waals surface area contributed by atoms with Crippen molar-refractivity contribution in [1.82, 2.24) is 19.7 Å². The zero-order valence-corrected chi connectivity index (χ0v) is 19.2. The standard InChI is InChI=1S/C21H14ClF3N4O3.C2H6/c1-12-2-7-16(20(30)29(12)11-13-8-9-26-17(22)10-13)19-27-18(28-32-19)14-3-5-15(6-4-14)31-21(23,24)25;1-2/h2-10H,11H2,1H3;1-2H3. The number of benzene rings is 1. The fourth-order valence-corrected chi connectivity index (χ4v) is 3.21. The van der Waals surface area contributed by atoms with E-state index in [0.29, 0.717) is 16.4 Å².